The quantitative estimate of drug-likeness (QED) is 0.247. The highest BCUT2D eigenvalue weighted by Gasteiger charge is 2.17. The second kappa shape index (κ2) is 4.27. The monoisotopic (exact) mass is 209 g/mol. The number of nitrogens with zero attached hydrogens (tertiary/aromatic N) is 2. The van der Waals surface area contributed by atoms with Gasteiger partial charge in [-0.3, -0.25) is 5.41 Å². The van der Waals surface area contributed by atoms with Gasteiger partial charge in [0.15, 0.2) is 12.4 Å². The molecule has 0 spiro atoms. The van der Waals surface area contributed by atoms with Crippen molar-refractivity contribution in [3.63, 3.8) is 0 Å². The molecule has 7 nitrogen and oxygen atoms in total. The first-order valence-electron chi connectivity index (χ1n) is 4.11. The van der Waals surface area contributed by atoms with Gasteiger partial charge in [-0.1, -0.05) is 0 Å². The van der Waals surface area contributed by atoms with Crippen molar-refractivity contribution in [2.75, 3.05) is 11.9 Å². The van der Waals surface area contributed by atoms with Gasteiger partial charge in [0, 0.05) is 19.2 Å². The van der Waals surface area contributed by atoms with Crippen LogP contribution in [0.5, 0.6) is 0 Å². The maximum Gasteiger partial charge on any atom is 0.328 e. The molecule has 7 heteroatoms. The number of pyridine rings is 1. The Kier molecular flexibility index (Phi) is 3.06. The Bertz CT molecular complexity index is 375. The van der Waals surface area contributed by atoms with Crippen LogP contribution in [0.15, 0.2) is 24.5 Å². The molecule has 1 aromatic heterocycles. The Labute approximate surface area is 86.2 Å². The normalized spacial score (nSPS) is 9.40. The third-order valence-corrected chi connectivity index (χ3v) is 1.70. The zero-order valence-electron chi connectivity index (χ0n) is 8.10. The molecule has 0 unspecified atom stereocenters. The van der Waals surface area contributed by atoms with E-state index in [0.717, 1.165) is 4.90 Å². The highest BCUT2D eigenvalue weighted by Crippen LogP contribution is 2.10. The van der Waals surface area contributed by atoms with Crippen LogP contribution in [0.1, 0.15) is 0 Å². The van der Waals surface area contributed by atoms with Gasteiger partial charge < -0.3 is 16.3 Å². The predicted octanol–water partition coefficient (Wildman–Crippen LogP) is -0.641. The molecule has 1 rings (SSSR count). The van der Waals surface area contributed by atoms with Gasteiger partial charge in [0.1, 0.15) is 0 Å². The van der Waals surface area contributed by atoms with E-state index in [2.05, 4.69) is 5.32 Å². The van der Waals surface area contributed by atoms with Crippen LogP contribution in [0.4, 0.5) is 10.5 Å². The second-order valence-electron chi connectivity index (χ2n) is 2.69. The summed E-state index contributed by atoms with van der Waals surface area (Å²) in [6.07, 6.45) is 2.43. The van der Waals surface area contributed by atoms with E-state index >= 15 is 0 Å². The van der Waals surface area contributed by atoms with Gasteiger partial charge in [-0.05, 0) is 0 Å². The average molecular weight is 209 g/mol. The lowest BCUT2D eigenvalue weighted by atomic mass is 10.4. The van der Waals surface area contributed by atoms with Crippen LogP contribution >= 0.6 is 0 Å². The summed E-state index contributed by atoms with van der Waals surface area (Å²) in [4.78, 5) is 12.3. The van der Waals surface area contributed by atoms with Gasteiger partial charge in [0.2, 0.25) is 5.96 Å². The van der Waals surface area contributed by atoms with Gasteiger partial charge in [0.25, 0.3) is 0 Å². The summed E-state index contributed by atoms with van der Waals surface area (Å²) in [5.41, 5.74) is 5.60. The summed E-state index contributed by atoms with van der Waals surface area (Å²) in [5, 5.41) is 20.3. The minimum absolute atomic E-state index is 0.356. The number of rotatable bonds is 1. The van der Waals surface area contributed by atoms with E-state index in [1.54, 1.807) is 0 Å². The minimum Gasteiger partial charge on any atom is -0.619 e. The molecule has 0 saturated heterocycles. The smallest absolute Gasteiger partial charge is 0.328 e. The minimum atomic E-state index is -0.536. The highest BCUT2D eigenvalue weighted by molar-refractivity contribution is 6.13. The molecule has 2 amide bonds. The first-order chi connectivity index (χ1) is 7.06. The molecule has 1 heterocycles. The summed E-state index contributed by atoms with van der Waals surface area (Å²) in [5.74, 6) is -0.419. The van der Waals surface area contributed by atoms with E-state index in [9.17, 15) is 10.0 Å². The Morgan fingerprint density at radius 2 is 2.13 bits per heavy atom. The molecule has 0 aliphatic rings. The fourth-order valence-electron chi connectivity index (χ4n) is 1.03. The number of anilines is 1. The first kappa shape index (κ1) is 10.8. The Morgan fingerprint density at radius 1 is 1.60 bits per heavy atom. The SMILES string of the molecule is CNC(=O)N(C(=N)N)c1cc[n+]([O-])cc1. The number of urea groups is 1. The van der Waals surface area contributed by atoms with Crippen LogP contribution in [0.3, 0.4) is 0 Å². The molecular weight excluding hydrogens is 198 g/mol. The number of guanidine groups is 1. The molecule has 0 bridgehead atoms. The van der Waals surface area contributed by atoms with Crippen molar-refractivity contribution in [1.82, 2.24) is 5.32 Å². The molecule has 15 heavy (non-hydrogen) atoms. The summed E-state index contributed by atoms with van der Waals surface area (Å²) < 4.78 is 0.575. The number of nitrogens with two attached hydrogens (primary N) is 1. The van der Waals surface area contributed by atoms with E-state index in [1.807, 2.05) is 0 Å². The second-order valence-corrected chi connectivity index (χ2v) is 2.69. The van der Waals surface area contributed by atoms with Gasteiger partial charge in [0.05, 0.1) is 5.69 Å². The van der Waals surface area contributed by atoms with Crippen molar-refractivity contribution >= 4 is 17.7 Å². The van der Waals surface area contributed by atoms with Crippen molar-refractivity contribution < 1.29 is 9.52 Å². The fraction of sp³-hybridized carbons (Fsp3) is 0.125. The third kappa shape index (κ3) is 2.33. The highest BCUT2D eigenvalue weighted by atomic mass is 16.5. The first-order valence-corrected chi connectivity index (χ1v) is 4.11. The van der Waals surface area contributed by atoms with Crippen LogP contribution in [-0.2, 0) is 0 Å². The van der Waals surface area contributed by atoms with E-state index in [-0.39, 0.29) is 0 Å². The maximum atomic E-state index is 11.3. The Morgan fingerprint density at radius 3 is 2.53 bits per heavy atom. The number of hydrogen-bond acceptors (Lipinski definition) is 3. The molecule has 0 saturated carbocycles. The molecule has 4 N–H and O–H groups in total. The number of amides is 2. The molecule has 0 radical (unpaired) electrons. The van der Waals surface area contributed by atoms with Crippen LogP contribution in [0, 0.1) is 10.6 Å². The molecular formula is C8H11N5O2. The standard InChI is InChI=1S/C8H11N5O2/c1-11-8(14)13(7(9)10)6-2-4-12(15)5-3-6/h2-5H,1H3,(H3,9,10)(H,11,14). The van der Waals surface area contributed by atoms with Crippen LogP contribution in [0.25, 0.3) is 0 Å². The van der Waals surface area contributed by atoms with Crippen LogP contribution in [-0.4, -0.2) is 19.0 Å². The van der Waals surface area contributed by atoms with Gasteiger partial charge in [-0.15, -0.1) is 0 Å². The Balaban J connectivity index is 3.04. The van der Waals surface area contributed by atoms with Crippen molar-refractivity contribution in [1.29, 1.82) is 5.41 Å². The number of carbonyl (C=O) groups excluding carboxylic acids is 1. The topological polar surface area (TPSA) is 109 Å². The van der Waals surface area contributed by atoms with Gasteiger partial charge in [-0.2, -0.15) is 4.73 Å². The van der Waals surface area contributed by atoms with E-state index in [1.165, 1.54) is 31.6 Å². The number of carbonyl (C=O) groups is 1. The summed E-state index contributed by atoms with van der Waals surface area (Å²) in [6.45, 7) is 0. The number of aromatic nitrogens is 1. The molecule has 1 aromatic rings. The van der Waals surface area contributed by atoms with Crippen molar-refractivity contribution in [2.24, 2.45) is 5.73 Å². The van der Waals surface area contributed by atoms with Crippen LogP contribution in [0.2, 0.25) is 0 Å². The fourth-order valence-corrected chi connectivity index (χ4v) is 1.03. The maximum absolute atomic E-state index is 11.3. The van der Waals surface area contributed by atoms with E-state index in [4.69, 9.17) is 11.1 Å². The predicted molar refractivity (Wildman–Crippen MR) is 54.3 cm³/mol. The van der Waals surface area contributed by atoms with Crippen molar-refractivity contribution in [2.45, 2.75) is 0 Å². The molecule has 0 atom stereocenters. The molecule has 0 aromatic carbocycles. The Hall–Kier alpha value is -2.31. The zero-order valence-corrected chi connectivity index (χ0v) is 8.10. The molecule has 0 fully saturated rings. The summed E-state index contributed by atoms with van der Waals surface area (Å²) in [6, 6.07) is 2.25. The zero-order chi connectivity index (χ0) is 11.4. The van der Waals surface area contributed by atoms with Crippen molar-refractivity contribution in [3.05, 3.63) is 29.7 Å². The van der Waals surface area contributed by atoms with Gasteiger partial charge in [-0.25, -0.2) is 9.69 Å². The largest absolute Gasteiger partial charge is 0.619 e. The summed E-state index contributed by atoms with van der Waals surface area (Å²) >= 11 is 0. The third-order valence-electron chi connectivity index (χ3n) is 1.70. The van der Waals surface area contributed by atoms with Gasteiger partial charge >= 0.3 is 6.03 Å². The lowest BCUT2D eigenvalue weighted by Crippen LogP contribution is -2.46. The van der Waals surface area contributed by atoms with E-state index < -0.39 is 12.0 Å². The molecule has 0 aliphatic heterocycles. The lowest BCUT2D eigenvalue weighted by Gasteiger charge is -2.19. The van der Waals surface area contributed by atoms with E-state index in [0.29, 0.717) is 10.4 Å². The average Bonchev–Trinajstić information content (AvgIpc) is 2.20. The molecule has 0 aliphatic carbocycles. The van der Waals surface area contributed by atoms with Crippen molar-refractivity contribution in [3.8, 4) is 0 Å². The number of nitrogens with one attached hydrogen (secondary N) is 2. The number of hydrogen-bond donors (Lipinski definition) is 3. The molecule has 80 valence electrons. The van der Waals surface area contributed by atoms with Crippen LogP contribution < -0.4 is 20.7 Å². The summed E-state index contributed by atoms with van der Waals surface area (Å²) in [7, 11) is 1.43. The lowest BCUT2D eigenvalue weighted by molar-refractivity contribution is -0.605.